The lowest BCUT2D eigenvalue weighted by molar-refractivity contribution is -0.138. The molecule has 53 heavy (non-hydrogen) atoms. The number of hydrogen-bond acceptors (Lipinski definition) is 8. The van der Waals surface area contributed by atoms with Crippen molar-refractivity contribution in [3.05, 3.63) is 77.1 Å². The van der Waals surface area contributed by atoms with Crippen molar-refractivity contribution in [2.24, 2.45) is 21.6 Å². The van der Waals surface area contributed by atoms with E-state index in [1.54, 1.807) is 18.2 Å². The molecule has 284 valence electrons. The number of halogens is 7. The number of aliphatic imine (C=N–C) groups is 1. The summed E-state index contributed by atoms with van der Waals surface area (Å²) in [5.41, 5.74) is 4.66. The number of nitrogens with zero attached hydrogens (tertiary/aromatic N) is 7. The van der Waals surface area contributed by atoms with Crippen LogP contribution in [0.4, 0.5) is 31.1 Å². The number of alkyl halides is 6. The molecule has 0 saturated heterocycles. The zero-order valence-electron chi connectivity index (χ0n) is 28.9. The summed E-state index contributed by atoms with van der Waals surface area (Å²) in [6.45, 7) is 4.10. The lowest BCUT2D eigenvalue weighted by Crippen LogP contribution is -2.55. The molecule has 3 N–H and O–H groups in total. The second kappa shape index (κ2) is 13.5. The number of carbonyl (C=O) groups is 2. The SMILES string of the molecule is CC(C)(C)C[C@]1(C2(C)C=CC(c3cnn(C(F)F)c3)=CC2)N=C(N)N([C@H](COC(=O)NC2CC2(F)F)c2ccc(Cl)c(-n3ncnc3C(F)F)c2)C1=O. The topological polar surface area (TPSA) is 146 Å². The Bertz CT molecular complexity index is 2010. The highest BCUT2D eigenvalue weighted by Crippen LogP contribution is 2.53. The quantitative estimate of drug-likeness (QED) is 0.200. The van der Waals surface area contributed by atoms with Crippen molar-refractivity contribution in [1.82, 2.24) is 34.8 Å². The number of alkyl carbamates (subject to hydrolysis) is 1. The average Bonchev–Trinajstić information content (AvgIpc) is 3.53. The third-order valence-corrected chi connectivity index (χ3v) is 9.84. The molecule has 1 aromatic carbocycles. The lowest BCUT2D eigenvalue weighted by atomic mass is 9.61. The van der Waals surface area contributed by atoms with Crippen LogP contribution < -0.4 is 11.1 Å². The van der Waals surface area contributed by atoms with Crippen LogP contribution >= 0.6 is 11.6 Å². The minimum Gasteiger partial charge on any atom is -0.447 e. The number of nitrogens with one attached hydrogen (secondary N) is 1. The van der Waals surface area contributed by atoms with Crippen LogP contribution in [0.15, 0.2) is 60.1 Å². The van der Waals surface area contributed by atoms with Crippen molar-refractivity contribution in [1.29, 1.82) is 0 Å². The van der Waals surface area contributed by atoms with Gasteiger partial charge in [0.2, 0.25) is 0 Å². The molecule has 2 unspecified atom stereocenters. The van der Waals surface area contributed by atoms with Gasteiger partial charge < -0.3 is 15.8 Å². The van der Waals surface area contributed by atoms with Gasteiger partial charge in [-0.1, -0.05) is 63.6 Å². The van der Waals surface area contributed by atoms with E-state index >= 15 is 4.79 Å². The zero-order chi connectivity index (χ0) is 38.7. The summed E-state index contributed by atoms with van der Waals surface area (Å²) in [5, 5.41) is 9.67. The standard InChI is InChI=1S/C34H36ClF6N9O3/c1-31(2,3)16-33(32(4)9-7-18(8-10-32)20-13-44-48(14-20)28(38)39)27(51)49(29(42)47-33)23(15-53-30(52)46-24-12-34(24,40)41)19-5-6-21(35)22(11-19)50-26(25(36)37)43-17-45-50/h5-9,11,13-14,17,23-25,28H,10,12,15-16H2,1-4H3,(H2,42,47)(H,46,52)/t23-,24?,32?,33+/m1/s1. The van der Waals surface area contributed by atoms with E-state index < -0.39 is 78.2 Å². The van der Waals surface area contributed by atoms with Crippen LogP contribution in [0.5, 0.6) is 0 Å². The van der Waals surface area contributed by atoms with E-state index in [1.165, 1.54) is 30.6 Å². The molecule has 2 aliphatic carbocycles. The second-order valence-electron chi connectivity index (χ2n) is 14.7. The van der Waals surface area contributed by atoms with Gasteiger partial charge in [0.05, 0.1) is 22.9 Å². The first-order valence-electron chi connectivity index (χ1n) is 16.5. The Morgan fingerprint density at radius 2 is 1.91 bits per heavy atom. The van der Waals surface area contributed by atoms with Crippen LogP contribution in [0.2, 0.25) is 5.02 Å². The number of aromatic nitrogens is 5. The molecular formula is C34H36ClF6N9O3. The van der Waals surface area contributed by atoms with E-state index in [1.807, 2.05) is 27.7 Å². The molecule has 6 rings (SSSR count). The average molecular weight is 768 g/mol. The molecule has 3 aliphatic rings. The maximum absolute atomic E-state index is 15.1. The Kier molecular flexibility index (Phi) is 9.66. The summed E-state index contributed by atoms with van der Waals surface area (Å²) in [7, 11) is 0. The maximum Gasteiger partial charge on any atom is 0.407 e. The first kappa shape index (κ1) is 37.9. The molecule has 0 spiro atoms. The molecule has 0 radical (unpaired) electrons. The van der Waals surface area contributed by atoms with Gasteiger partial charge in [-0.2, -0.15) is 19.0 Å². The van der Waals surface area contributed by atoms with Crippen molar-refractivity contribution in [2.45, 2.75) is 83.5 Å². The lowest BCUT2D eigenvalue weighted by Gasteiger charge is -2.45. The number of benzene rings is 1. The summed E-state index contributed by atoms with van der Waals surface area (Å²) in [6.07, 6.45) is 4.32. The zero-order valence-corrected chi connectivity index (χ0v) is 29.7. The van der Waals surface area contributed by atoms with E-state index in [9.17, 15) is 31.1 Å². The van der Waals surface area contributed by atoms with Gasteiger partial charge in [0, 0.05) is 23.6 Å². The van der Waals surface area contributed by atoms with Crippen LogP contribution in [0.3, 0.4) is 0 Å². The Morgan fingerprint density at radius 1 is 1.19 bits per heavy atom. The molecule has 1 fully saturated rings. The Balaban J connectivity index is 1.39. The van der Waals surface area contributed by atoms with Gasteiger partial charge >= 0.3 is 12.6 Å². The molecule has 0 bridgehead atoms. The number of nitrogens with two attached hydrogens (primary N) is 1. The predicted octanol–water partition coefficient (Wildman–Crippen LogP) is 7.01. The van der Waals surface area contributed by atoms with Gasteiger partial charge in [-0.3, -0.25) is 9.69 Å². The number of guanidine groups is 1. The highest BCUT2D eigenvalue weighted by atomic mass is 35.5. The molecule has 19 heteroatoms. The smallest absolute Gasteiger partial charge is 0.407 e. The van der Waals surface area contributed by atoms with E-state index in [4.69, 9.17) is 27.1 Å². The summed E-state index contributed by atoms with van der Waals surface area (Å²) in [5.74, 6) is -4.64. The van der Waals surface area contributed by atoms with Gasteiger partial charge in [0.25, 0.3) is 18.3 Å². The van der Waals surface area contributed by atoms with Crippen molar-refractivity contribution < 1.29 is 40.7 Å². The molecule has 12 nitrogen and oxygen atoms in total. The molecule has 2 amide bonds. The van der Waals surface area contributed by atoms with Crippen LogP contribution in [0.1, 0.15) is 82.9 Å². The fourth-order valence-electron chi connectivity index (χ4n) is 6.72. The number of rotatable bonds is 11. The monoisotopic (exact) mass is 767 g/mol. The summed E-state index contributed by atoms with van der Waals surface area (Å²) >= 11 is 6.43. The van der Waals surface area contributed by atoms with Gasteiger partial charge in [-0.25, -0.2) is 41.7 Å². The first-order chi connectivity index (χ1) is 24.7. The third kappa shape index (κ3) is 7.24. The summed E-state index contributed by atoms with van der Waals surface area (Å²) in [6, 6.07) is 1.49. The Labute approximate surface area is 304 Å². The highest BCUT2D eigenvalue weighted by molar-refractivity contribution is 6.32. The van der Waals surface area contributed by atoms with E-state index in [0.717, 1.165) is 15.9 Å². The van der Waals surface area contributed by atoms with Gasteiger partial charge in [0.15, 0.2) is 17.3 Å². The Morgan fingerprint density at radius 3 is 2.49 bits per heavy atom. The number of carbonyl (C=O) groups excluding carboxylic acids is 2. The predicted molar refractivity (Wildman–Crippen MR) is 180 cm³/mol. The van der Waals surface area contributed by atoms with Crippen LogP contribution in [0.25, 0.3) is 11.3 Å². The van der Waals surface area contributed by atoms with Crippen LogP contribution in [0, 0.1) is 10.8 Å². The van der Waals surface area contributed by atoms with E-state index in [2.05, 4.69) is 20.5 Å². The number of hydrogen-bond donors (Lipinski definition) is 2. The van der Waals surface area contributed by atoms with Crippen molar-refractivity contribution in [3.8, 4) is 5.69 Å². The first-order valence-corrected chi connectivity index (χ1v) is 16.8. The normalized spacial score (nSPS) is 24.4. The molecular weight excluding hydrogens is 732 g/mol. The largest absolute Gasteiger partial charge is 0.447 e. The van der Waals surface area contributed by atoms with Gasteiger partial charge in [-0.15, -0.1) is 0 Å². The fraction of sp³-hybridized carbons (Fsp3) is 0.471. The minimum absolute atomic E-state index is 0.00692. The minimum atomic E-state index is -3.08. The second-order valence-corrected chi connectivity index (χ2v) is 15.1. The molecule has 3 heterocycles. The number of ether oxygens (including phenoxy) is 1. The number of amides is 2. The third-order valence-electron chi connectivity index (χ3n) is 9.52. The molecule has 3 aromatic rings. The van der Waals surface area contributed by atoms with Gasteiger partial charge in [-0.05, 0) is 41.5 Å². The molecule has 4 atom stereocenters. The van der Waals surface area contributed by atoms with Crippen LogP contribution in [-0.4, -0.2) is 71.5 Å². The fourth-order valence-corrected chi connectivity index (χ4v) is 6.91. The molecule has 2 aromatic heterocycles. The van der Waals surface area contributed by atoms with Gasteiger partial charge in [0.1, 0.15) is 19.0 Å². The summed E-state index contributed by atoms with van der Waals surface area (Å²) < 4.78 is 88.0. The van der Waals surface area contributed by atoms with Crippen molar-refractivity contribution >= 4 is 35.1 Å². The van der Waals surface area contributed by atoms with Crippen molar-refractivity contribution in [2.75, 3.05) is 6.61 Å². The Hall–Kier alpha value is -4.87. The number of allylic oxidation sites excluding steroid dienone is 3. The maximum atomic E-state index is 15.1. The van der Waals surface area contributed by atoms with E-state index in [-0.39, 0.29) is 35.1 Å². The molecule has 1 aliphatic heterocycles. The van der Waals surface area contributed by atoms with Crippen molar-refractivity contribution in [3.63, 3.8) is 0 Å². The summed E-state index contributed by atoms with van der Waals surface area (Å²) in [4.78, 5) is 37.4. The highest BCUT2D eigenvalue weighted by Gasteiger charge is 2.61. The molecule has 1 saturated carbocycles. The van der Waals surface area contributed by atoms with Crippen LogP contribution in [-0.2, 0) is 9.53 Å². The van der Waals surface area contributed by atoms with E-state index in [0.29, 0.717) is 15.8 Å².